The summed E-state index contributed by atoms with van der Waals surface area (Å²) < 4.78 is 0. The predicted octanol–water partition coefficient (Wildman–Crippen LogP) is 2.50. The number of nitrogens with one attached hydrogen (secondary N) is 1. The van der Waals surface area contributed by atoms with Crippen molar-refractivity contribution < 1.29 is 0 Å². The van der Waals surface area contributed by atoms with E-state index in [4.69, 9.17) is 0 Å². The molecule has 3 atom stereocenters. The zero-order valence-electron chi connectivity index (χ0n) is 11.0. The quantitative estimate of drug-likeness (QED) is 0.697. The Bertz CT molecular complexity index is 203. The third kappa shape index (κ3) is 3.46. The van der Waals surface area contributed by atoms with Crippen LogP contribution in [0.25, 0.3) is 0 Å². The molecule has 0 saturated carbocycles. The molecule has 2 saturated heterocycles. The van der Waals surface area contributed by atoms with Gasteiger partial charge in [-0.3, -0.25) is 0 Å². The lowest BCUT2D eigenvalue weighted by Crippen LogP contribution is -2.44. The molecule has 0 radical (unpaired) electrons. The Hall–Kier alpha value is -0.0800. The molecule has 2 bridgehead atoms. The molecule has 2 heterocycles. The molecule has 0 spiro atoms. The topological polar surface area (TPSA) is 15.3 Å². The molecule has 94 valence electrons. The molecule has 16 heavy (non-hydrogen) atoms. The lowest BCUT2D eigenvalue weighted by atomic mass is 9.94. The number of piperidine rings is 1. The van der Waals surface area contributed by atoms with Crippen molar-refractivity contribution >= 4 is 0 Å². The highest BCUT2D eigenvalue weighted by Gasteiger charge is 2.33. The third-order valence-corrected chi connectivity index (χ3v) is 4.25. The van der Waals surface area contributed by atoms with Crippen molar-refractivity contribution in [3.05, 3.63) is 0 Å². The minimum absolute atomic E-state index is 0.831. The molecule has 0 aliphatic carbocycles. The van der Waals surface area contributed by atoms with Gasteiger partial charge in [0.25, 0.3) is 0 Å². The van der Waals surface area contributed by atoms with Gasteiger partial charge in [0.2, 0.25) is 0 Å². The maximum Gasteiger partial charge on any atom is 0.0120 e. The van der Waals surface area contributed by atoms with Gasteiger partial charge in [0, 0.05) is 12.6 Å². The van der Waals surface area contributed by atoms with Gasteiger partial charge in [0.15, 0.2) is 0 Å². The van der Waals surface area contributed by atoms with Crippen molar-refractivity contribution in [2.24, 2.45) is 11.8 Å². The molecule has 0 aromatic heterocycles. The van der Waals surface area contributed by atoms with Gasteiger partial charge in [-0.25, -0.2) is 0 Å². The van der Waals surface area contributed by atoms with Gasteiger partial charge in [0.05, 0.1) is 0 Å². The Labute approximate surface area is 101 Å². The molecule has 2 fully saturated rings. The van der Waals surface area contributed by atoms with Crippen LogP contribution in [0.4, 0.5) is 0 Å². The first-order chi connectivity index (χ1) is 7.75. The van der Waals surface area contributed by atoms with Gasteiger partial charge >= 0.3 is 0 Å². The Morgan fingerprint density at radius 1 is 1.19 bits per heavy atom. The summed E-state index contributed by atoms with van der Waals surface area (Å²) in [6, 6.07) is 0.831. The maximum absolute atomic E-state index is 3.80. The molecular formula is C14H28N2. The number of hydrogen-bond donors (Lipinski definition) is 1. The van der Waals surface area contributed by atoms with E-state index in [9.17, 15) is 0 Å². The molecule has 3 unspecified atom stereocenters. The third-order valence-electron chi connectivity index (χ3n) is 4.25. The summed E-state index contributed by atoms with van der Waals surface area (Å²) in [5.41, 5.74) is 0. The highest BCUT2D eigenvalue weighted by atomic mass is 15.2. The van der Waals surface area contributed by atoms with Crippen LogP contribution in [0.5, 0.6) is 0 Å². The Kier molecular flexibility index (Phi) is 4.66. The van der Waals surface area contributed by atoms with Crippen molar-refractivity contribution in [3.63, 3.8) is 0 Å². The number of hydrogen-bond acceptors (Lipinski definition) is 2. The number of fused-ring (bicyclic) bond motifs is 2. The first kappa shape index (κ1) is 12.4. The zero-order chi connectivity index (χ0) is 11.4. The first-order valence-corrected chi connectivity index (χ1v) is 7.21. The van der Waals surface area contributed by atoms with E-state index in [1.54, 1.807) is 0 Å². The largest absolute Gasteiger partial charge is 0.314 e. The summed E-state index contributed by atoms with van der Waals surface area (Å²) >= 11 is 0. The molecule has 2 rings (SSSR count). The second-order valence-corrected chi connectivity index (χ2v) is 6.09. The van der Waals surface area contributed by atoms with E-state index in [2.05, 4.69) is 24.1 Å². The van der Waals surface area contributed by atoms with Gasteiger partial charge in [0.1, 0.15) is 0 Å². The lowest BCUT2D eigenvalue weighted by molar-refractivity contribution is 0.221. The van der Waals surface area contributed by atoms with Crippen molar-refractivity contribution in [2.45, 2.75) is 52.0 Å². The van der Waals surface area contributed by atoms with Gasteiger partial charge in [-0.1, -0.05) is 26.7 Å². The van der Waals surface area contributed by atoms with Crippen LogP contribution in [-0.4, -0.2) is 37.1 Å². The number of nitrogens with zero attached hydrogens (tertiary/aromatic N) is 1. The highest BCUT2D eigenvalue weighted by Crippen LogP contribution is 2.26. The fourth-order valence-electron chi connectivity index (χ4n) is 3.19. The molecule has 2 aliphatic heterocycles. The molecule has 2 heteroatoms. The van der Waals surface area contributed by atoms with Crippen LogP contribution in [0.15, 0.2) is 0 Å². The molecule has 2 nitrogen and oxygen atoms in total. The Morgan fingerprint density at radius 2 is 2.00 bits per heavy atom. The first-order valence-electron chi connectivity index (χ1n) is 7.21. The van der Waals surface area contributed by atoms with Crippen LogP contribution < -0.4 is 5.32 Å². The van der Waals surface area contributed by atoms with Crippen LogP contribution in [0, 0.1) is 11.8 Å². The summed E-state index contributed by atoms with van der Waals surface area (Å²) in [6.07, 6.45) is 6.97. The second-order valence-electron chi connectivity index (χ2n) is 6.09. The van der Waals surface area contributed by atoms with E-state index >= 15 is 0 Å². The van der Waals surface area contributed by atoms with Crippen LogP contribution in [0.2, 0.25) is 0 Å². The van der Waals surface area contributed by atoms with Crippen molar-refractivity contribution in [1.29, 1.82) is 0 Å². The molecule has 0 amide bonds. The smallest absolute Gasteiger partial charge is 0.0120 e. The van der Waals surface area contributed by atoms with Crippen molar-refractivity contribution in [3.8, 4) is 0 Å². The average molecular weight is 224 g/mol. The molecule has 2 aliphatic rings. The van der Waals surface area contributed by atoms with Gasteiger partial charge in [-0.2, -0.15) is 0 Å². The van der Waals surface area contributed by atoms with Gasteiger partial charge in [-0.05, 0) is 50.7 Å². The summed E-state index contributed by atoms with van der Waals surface area (Å²) in [5.74, 6) is 1.83. The van der Waals surface area contributed by atoms with Gasteiger partial charge in [-0.15, -0.1) is 0 Å². The van der Waals surface area contributed by atoms with E-state index in [0.717, 1.165) is 17.9 Å². The fraction of sp³-hybridized carbons (Fsp3) is 1.00. The summed E-state index contributed by atoms with van der Waals surface area (Å²) in [5, 5.41) is 3.80. The molecule has 0 aromatic rings. The zero-order valence-corrected chi connectivity index (χ0v) is 11.0. The standard InChI is InChI=1S/C14H28N2/c1-12(2)5-3-4-8-15-14-7-10-16-9-6-13(14)11-16/h12-15H,3-11H2,1-2H3. The normalized spacial score (nSPS) is 33.6. The van der Waals surface area contributed by atoms with Crippen LogP contribution in [-0.2, 0) is 0 Å². The van der Waals surface area contributed by atoms with Crippen LogP contribution in [0.3, 0.4) is 0 Å². The van der Waals surface area contributed by atoms with Crippen molar-refractivity contribution in [2.75, 3.05) is 26.2 Å². The average Bonchev–Trinajstić information content (AvgIpc) is 2.63. The monoisotopic (exact) mass is 224 g/mol. The molecule has 1 N–H and O–H groups in total. The molecular weight excluding hydrogens is 196 g/mol. The van der Waals surface area contributed by atoms with Crippen molar-refractivity contribution in [1.82, 2.24) is 10.2 Å². The fourth-order valence-corrected chi connectivity index (χ4v) is 3.19. The lowest BCUT2D eigenvalue weighted by Gasteiger charge is -2.31. The second kappa shape index (κ2) is 6.02. The Balaban J connectivity index is 1.56. The van der Waals surface area contributed by atoms with E-state index in [-0.39, 0.29) is 0 Å². The summed E-state index contributed by atoms with van der Waals surface area (Å²) in [7, 11) is 0. The van der Waals surface area contributed by atoms with Gasteiger partial charge < -0.3 is 10.2 Å². The molecule has 0 aromatic carbocycles. The van der Waals surface area contributed by atoms with Crippen LogP contribution in [0.1, 0.15) is 46.0 Å². The summed E-state index contributed by atoms with van der Waals surface area (Å²) in [6.45, 7) is 9.94. The minimum Gasteiger partial charge on any atom is -0.314 e. The number of unbranched alkanes of at least 4 members (excludes halogenated alkanes) is 1. The Morgan fingerprint density at radius 3 is 2.81 bits per heavy atom. The van der Waals surface area contributed by atoms with E-state index in [1.165, 1.54) is 58.3 Å². The van der Waals surface area contributed by atoms with Crippen LogP contribution >= 0.6 is 0 Å². The maximum atomic E-state index is 3.80. The van der Waals surface area contributed by atoms with E-state index in [0.29, 0.717) is 0 Å². The minimum atomic E-state index is 0.831. The SMILES string of the molecule is CC(C)CCCCNC1CCN2CCC1C2. The summed E-state index contributed by atoms with van der Waals surface area (Å²) in [4.78, 5) is 2.63. The highest BCUT2D eigenvalue weighted by molar-refractivity contribution is 4.90. The van der Waals surface area contributed by atoms with E-state index in [1.807, 2.05) is 0 Å². The van der Waals surface area contributed by atoms with E-state index < -0.39 is 0 Å². The predicted molar refractivity (Wildman–Crippen MR) is 69.6 cm³/mol. The number of rotatable bonds is 6.